The highest BCUT2D eigenvalue weighted by Gasteiger charge is 2.17. The van der Waals surface area contributed by atoms with Gasteiger partial charge in [0.05, 0.1) is 22.8 Å². The minimum Gasteiger partial charge on any atom is -0.335 e. The summed E-state index contributed by atoms with van der Waals surface area (Å²) in [5.41, 5.74) is 6.28. The van der Waals surface area contributed by atoms with Crippen molar-refractivity contribution in [2.24, 2.45) is 4.99 Å². The van der Waals surface area contributed by atoms with Crippen LogP contribution >= 0.6 is 0 Å². The summed E-state index contributed by atoms with van der Waals surface area (Å²) >= 11 is 0. The number of aromatic amines is 2. The molecule has 0 atom stereocenters. The van der Waals surface area contributed by atoms with E-state index in [-0.39, 0.29) is 5.91 Å². The van der Waals surface area contributed by atoms with Crippen molar-refractivity contribution in [2.75, 3.05) is 0 Å². The molecule has 0 aromatic carbocycles. The monoisotopic (exact) mass is 477 g/mol. The van der Waals surface area contributed by atoms with Crippen LogP contribution in [0.3, 0.4) is 0 Å². The van der Waals surface area contributed by atoms with Crippen molar-refractivity contribution >= 4 is 40.3 Å². The number of H-pyrrole nitrogens is 2. The Hall–Kier alpha value is -4.99. The number of aliphatic imine (C=N–C) groups is 1. The first-order chi connectivity index (χ1) is 17.6. The lowest BCUT2D eigenvalue weighted by Gasteiger charge is -2.03. The van der Waals surface area contributed by atoms with Gasteiger partial charge in [-0.3, -0.25) is 19.9 Å². The van der Waals surface area contributed by atoms with Crippen LogP contribution in [0.1, 0.15) is 25.8 Å². The smallest absolute Gasteiger partial charge is 0.225 e. The van der Waals surface area contributed by atoms with Gasteiger partial charge in [-0.05, 0) is 49.1 Å². The highest BCUT2D eigenvalue weighted by Crippen LogP contribution is 2.30. The van der Waals surface area contributed by atoms with Crippen LogP contribution in [0.15, 0.2) is 72.0 Å². The molecule has 0 bridgehead atoms. The van der Waals surface area contributed by atoms with E-state index in [9.17, 15) is 4.79 Å². The molecule has 3 N–H and O–H groups in total. The Bertz CT molecular complexity index is 1640. The maximum absolute atomic E-state index is 11.7. The van der Waals surface area contributed by atoms with Crippen LogP contribution in [0, 0.1) is 0 Å². The van der Waals surface area contributed by atoms with Crippen LogP contribution in [0.4, 0.5) is 0 Å². The first-order valence-electron chi connectivity index (χ1n) is 11.3. The molecule has 5 aromatic rings. The molecule has 0 aliphatic heterocycles. The second-order valence-electron chi connectivity index (χ2n) is 8.04. The van der Waals surface area contributed by atoms with Gasteiger partial charge in [-0.15, -0.1) is 0 Å². The minimum atomic E-state index is -0.127. The number of allylic oxidation sites excluding steroid dienone is 3. The number of imidazole rings is 1. The lowest BCUT2D eigenvalue weighted by molar-refractivity contribution is -0.120. The standard InChI is InChI=1S/C26H23N9O/c1-4-22(36)32-21(27-3)9-8-15(2)16-11-17-24(34-35-25(17)30-12-16)26-31-20-14-28-13-18(23(20)33-26)19-7-5-6-10-29-19/h5-14H,3-4H2,1-2H3,(H,31,33)(H,32,36)(H,30,34,35)/b15-8+,21-9+. The molecular formula is C26H23N9O. The predicted molar refractivity (Wildman–Crippen MR) is 140 cm³/mol. The van der Waals surface area contributed by atoms with Crippen molar-refractivity contribution in [3.8, 4) is 22.8 Å². The molecule has 0 fully saturated rings. The van der Waals surface area contributed by atoms with Crippen LogP contribution < -0.4 is 5.32 Å². The van der Waals surface area contributed by atoms with Crippen LogP contribution in [-0.4, -0.2) is 47.7 Å². The van der Waals surface area contributed by atoms with Gasteiger partial charge in [0.2, 0.25) is 5.91 Å². The molecule has 10 nitrogen and oxygen atoms in total. The molecule has 0 unspecified atom stereocenters. The number of carbonyl (C=O) groups is 1. The first kappa shape index (κ1) is 22.8. The van der Waals surface area contributed by atoms with Crippen molar-refractivity contribution in [3.63, 3.8) is 0 Å². The summed E-state index contributed by atoms with van der Waals surface area (Å²) in [4.78, 5) is 37.0. The Morgan fingerprint density at radius 3 is 2.86 bits per heavy atom. The third-order valence-corrected chi connectivity index (χ3v) is 5.68. The average molecular weight is 478 g/mol. The third kappa shape index (κ3) is 4.39. The molecular weight excluding hydrogens is 454 g/mol. The van der Waals surface area contributed by atoms with Gasteiger partial charge >= 0.3 is 0 Å². The van der Waals surface area contributed by atoms with Crippen LogP contribution in [-0.2, 0) is 4.79 Å². The van der Waals surface area contributed by atoms with E-state index in [2.05, 4.69) is 47.2 Å². The Morgan fingerprint density at radius 1 is 1.19 bits per heavy atom. The molecule has 5 aromatic heterocycles. The fraction of sp³-hybridized carbons (Fsp3) is 0.115. The number of nitrogens with zero attached hydrogens (tertiary/aromatic N) is 6. The number of pyridine rings is 3. The van der Waals surface area contributed by atoms with Gasteiger partial charge in [0.25, 0.3) is 0 Å². The van der Waals surface area contributed by atoms with E-state index in [0.717, 1.165) is 38.8 Å². The molecule has 10 heteroatoms. The van der Waals surface area contributed by atoms with Crippen molar-refractivity contribution in [3.05, 3.63) is 72.6 Å². The maximum Gasteiger partial charge on any atom is 0.225 e. The van der Waals surface area contributed by atoms with Crippen molar-refractivity contribution < 1.29 is 4.79 Å². The normalized spacial score (nSPS) is 12.3. The highest BCUT2D eigenvalue weighted by molar-refractivity contribution is 5.96. The second-order valence-corrected chi connectivity index (χ2v) is 8.04. The van der Waals surface area contributed by atoms with Crippen molar-refractivity contribution in [1.29, 1.82) is 0 Å². The maximum atomic E-state index is 11.7. The lowest BCUT2D eigenvalue weighted by atomic mass is 10.1. The van der Waals surface area contributed by atoms with Gasteiger partial charge in [0, 0.05) is 30.6 Å². The largest absolute Gasteiger partial charge is 0.335 e. The predicted octanol–water partition coefficient (Wildman–Crippen LogP) is 4.43. The molecule has 0 spiro atoms. The number of hydrogen-bond acceptors (Lipinski definition) is 7. The number of rotatable bonds is 7. The number of nitrogens with one attached hydrogen (secondary N) is 3. The zero-order valence-electron chi connectivity index (χ0n) is 19.8. The van der Waals surface area contributed by atoms with Gasteiger partial charge < -0.3 is 10.3 Å². The van der Waals surface area contributed by atoms with Gasteiger partial charge in [-0.1, -0.05) is 19.1 Å². The van der Waals surface area contributed by atoms with E-state index < -0.39 is 0 Å². The summed E-state index contributed by atoms with van der Waals surface area (Å²) in [5, 5.41) is 11.0. The highest BCUT2D eigenvalue weighted by atomic mass is 16.1. The van der Waals surface area contributed by atoms with Gasteiger partial charge in [0.1, 0.15) is 17.0 Å². The van der Waals surface area contributed by atoms with E-state index in [4.69, 9.17) is 4.98 Å². The number of fused-ring (bicyclic) bond motifs is 2. The topological polar surface area (TPSA) is 137 Å². The molecule has 0 aliphatic rings. The van der Waals surface area contributed by atoms with Crippen molar-refractivity contribution in [2.45, 2.75) is 20.3 Å². The quantitative estimate of drug-likeness (QED) is 0.234. The molecule has 178 valence electrons. The molecule has 36 heavy (non-hydrogen) atoms. The third-order valence-electron chi connectivity index (χ3n) is 5.68. The summed E-state index contributed by atoms with van der Waals surface area (Å²) in [6.45, 7) is 7.24. The Kier molecular flexibility index (Phi) is 6.14. The summed E-state index contributed by atoms with van der Waals surface area (Å²) < 4.78 is 0. The second kappa shape index (κ2) is 9.71. The molecule has 0 radical (unpaired) electrons. The van der Waals surface area contributed by atoms with Gasteiger partial charge in [0.15, 0.2) is 11.5 Å². The molecule has 5 heterocycles. The Labute approximate surface area is 206 Å². The summed E-state index contributed by atoms with van der Waals surface area (Å²) in [5.74, 6) is 0.860. The van der Waals surface area contributed by atoms with E-state index in [1.165, 1.54) is 0 Å². The number of amides is 1. The van der Waals surface area contributed by atoms with Crippen LogP contribution in [0.25, 0.3) is 50.4 Å². The van der Waals surface area contributed by atoms with E-state index in [1.54, 1.807) is 37.8 Å². The Morgan fingerprint density at radius 2 is 2.08 bits per heavy atom. The SMILES string of the molecule is C=N/C(=C\C=C(/C)c1cnc2[nH]nc(-c3nc4c(-c5ccccn5)cncc4[nH]3)c2c1)NC(=O)CC. The first-order valence-corrected chi connectivity index (χ1v) is 11.3. The fourth-order valence-corrected chi connectivity index (χ4v) is 3.72. The lowest BCUT2D eigenvalue weighted by Crippen LogP contribution is -2.20. The van der Waals surface area contributed by atoms with Crippen LogP contribution in [0.5, 0.6) is 0 Å². The van der Waals surface area contributed by atoms with E-state index in [1.807, 2.05) is 37.3 Å². The number of aromatic nitrogens is 7. The summed E-state index contributed by atoms with van der Waals surface area (Å²) in [6, 6.07) is 7.72. The zero-order chi connectivity index (χ0) is 25.1. The number of hydrogen-bond donors (Lipinski definition) is 3. The summed E-state index contributed by atoms with van der Waals surface area (Å²) in [6.07, 6.45) is 10.9. The summed E-state index contributed by atoms with van der Waals surface area (Å²) in [7, 11) is 0. The van der Waals surface area contributed by atoms with E-state index >= 15 is 0 Å². The number of carbonyl (C=O) groups excluding carboxylic acids is 1. The van der Waals surface area contributed by atoms with Gasteiger partial charge in [-0.25, -0.2) is 15.0 Å². The molecule has 5 rings (SSSR count). The average Bonchev–Trinajstić information content (AvgIpc) is 3.54. The Balaban J connectivity index is 1.53. The minimum absolute atomic E-state index is 0.127. The van der Waals surface area contributed by atoms with E-state index in [0.29, 0.717) is 29.4 Å². The molecule has 1 amide bonds. The molecule has 0 saturated heterocycles. The van der Waals surface area contributed by atoms with Crippen LogP contribution in [0.2, 0.25) is 0 Å². The molecule has 0 aliphatic carbocycles. The zero-order valence-corrected chi connectivity index (χ0v) is 19.8. The van der Waals surface area contributed by atoms with Crippen molar-refractivity contribution in [1.82, 2.24) is 40.4 Å². The van der Waals surface area contributed by atoms with Gasteiger partial charge in [-0.2, -0.15) is 5.10 Å². The molecule has 0 saturated carbocycles. The fourth-order valence-electron chi connectivity index (χ4n) is 3.72.